The average Bonchev–Trinajstić information content (AvgIpc) is 2.04. The van der Waals surface area contributed by atoms with Crippen LogP contribution >= 0.6 is 0 Å². The Kier molecular flexibility index (Phi) is 2.90. The highest BCUT2D eigenvalue weighted by Gasteiger charge is 1.93. The highest BCUT2D eigenvalue weighted by Crippen LogP contribution is 2.04. The van der Waals surface area contributed by atoms with Crippen molar-refractivity contribution in [2.75, 3.05) is 0 Å². The molecule has 2 nitrogen and oxygen atoms in total. The van der Waals surface area contributed by atoms with E-state index in [0.717, 1.165) is 12.3 Å². The summed E-state index contributed by atoms with van der Waals surface area (Å²) >= 11 is 0. The first-order chi connectivity index (χ1) is 5.29. The summed E-state index contributed by atoms with van der Waals surface area (Å²) in [6.45, 7) is 4.13. The fourth-order valence-corrected chi connectivity index (χ4v) is 0.889. The maximum absolute atomic E-state index is 4.15. The molecule has 1 unspecified atom stereocenters. The SMILES string of the molecule is CC1=N/C=C/CC(C)/C=C/N1. The van der Waals surface area contributed by atoms with E-state index in [2.05, 4.69) is 29.4 Å². The van der Waals surface area contributed by atoms with Gasteiger partial charge in [0.2, 0.25) is 0 Å². The zero-order chi connectivity index (χ0) is 8.10. The molecular weight excluding hydrogens is 136 g/mol. The number of allylic oxidation sites excluding steroid dienone is 2. The van der Waals surface area contributed by atoms with Crippen molar-refractivity contribution < 1.29 is 0 Å². The van der Waals surface area contributed by atoms with Gasteiger partial charge in [-0.3, -0.25) is 0 Å². The van der Waals surface area contributed by atoms with Crippen molar-refractivity contribution in [1.29, 1.82) is 0 Å². The molecule has 1 aliphatic rings. The van der Waals surface area contributed by atoms with Crippen LogP contribution in [0.4, 0.5) is 0 Å². The zero-order valence-corrected chi connectivity index (χ0v) is 7.04. The van der Waals surface area contributed by atoms with Gasteiger partial charge in [-0.2, -0.15) is 0 Å². The Morgan fingerprint density at radius 1 is 1.64 bits per heavy atom. The summed E-state index contributed by atoms with van der Waals surface area (Å²) in [5.74, 6) is 1.53. The second kappa shape index (κ2) is 3.96. The molecule has 0 saturated carbocycles. The van der Waals surface area contributed by atoms with E-state index in [1.165, 1.54) is 0 Å². The Labute approximate surface area is 67.7 Å². The first kappa shape index (κ1) is 8.05. The Balaban J connectivity index is 2.63. The van der Waals surface area contributed by atoms with Gasteiger partial charge in [0.25, 0.3) is 0 Å². The topological polar surface area (TPSA) is 24.4 Å². The van der Waals surface area contributed by atoms with Crippen LogP contribution in [0.25, 0.3) is 0 Å². The van der Waals surface area contributed by atoms with Crippen molar-refractivity contribution >= 4 is 5.84 Å². The van der Waals surface area contributed by atoms with Crippen LogP contribution in [-0.4, -0.2) is 5.84 Å². The molecular formula is C9H14N2. The van der Waals surface area contributed by atoms with Crippen LogP contribution < -0.4 is 5.32 Å². The number of nitrogens with one attached hydrogen (secondary N) is 1. The highest BCUT2D eigenvalue weighted by molar-refractivity contribution is 5.80. The third kappa shape index (κ3) is 3.03. The molecule has 2 heteroatoms. The second-order valence-corrected chi connectivity index (χ2v) is 2.82. The molecule has 0 fully saturated rings. The Hall–Kier alpha value is -1.05. The van der Waals surface area contributed by atoms with Gasteiger partial charge in [-0.1, -0.05) is 19.1 Å². The number of rotatable bonds is 0. The smallest absolute Gasteiger partial charge is 0.102 e. The van der Waals surface area contributed by atoms with E-state index in [1.54, 1.807) is 0 Å². The molecule has 1 aliphatic heterocycles. The van der Waals surface area contributed by atoms with E-state index >= 15 is 0 Å². The van der Waals surface area contributed by atoms with Crippen LogP contribution in [0.1, 0.15) is 20.3 Å². The summed E-state index contributed by atoms with van der Waals surface area (Å²) in [5, 5.41) is 3.07. The van der Waals surface area contributed by atoms with E-state index in [0.29, 0.717) is 5.92 Å². The lowest BCUT2D eigenvalue weighted by molar-refractivity contribution is 0.741. The van der Waals surface area contributed by atoms with E-state index in [-0.39, 0.29) is 0 Å². The molecule has 0 aromatic heterocycles. The minimum atomic E-state index is 0.597. The molecule has 11 heavy (non-hydrogen) atoms. The molecule has 0 radical (unpaired) electrons. The number of amidine groups is 1. The molecule has 1 rings (SSSR count). The average molecular weight is 150 g/mol. The molecule has 0 spiro atoms. The summed E-state index contributed by atoms with van der Waals surface area (Å²) in [4.78, 5) is 4.15. The Bertz CT molecular complexity index is 202. The lowest BCUT2D eigenvalue weighted by atomic mass is 10.1. The van der Waals surface area contributed by atoms with Gasteiger partial charge < -0.3 is 5.32 Å². The third-order valence-corrected chi connectivity index (χ3v) is 1.60. The molecule has 1 atom stereocenters. The van der Waals surface area contributed by atoms with Crippen molar-refractivity contribution in [2.24, 2.45) is 10.9 Å². The quantitative estimate of drug-likeness (QED) is 0.561. The normalized spacial score (nSPS) is 30.4. The largest absolute Gasteiger partial charge is 0.351 e. The van der Waals surface area contributed by atoms with E-state index in [4.69, 9.17) is 0 Å². The monoisotopic (exact) mass is 150 g/mol. The summed E-state index contributed by atoms with van der Waals surface area (Å²) in [6.07, 6.45) is 9.11. The lowest BCUT2D eigenvalue weighted by Crippen LogP contribution is -2.12. The summed E-state index contributed by atoms with van der Waals surface area (Å²) in [6, 6.07) is 0. The van der Waals surface area contributed by atoms with E-state index in [1.807, 2.05) is 19.3 Å². The molecule has 0 aromatic carbocycles. The molecule has 0 saturated heterocycles. The van der Waals surface area contributed by atoms with Crippen LogP contribution in [0.15, 0.2) is 29.5 Å². The number of hydrogen-bond acceptors (Lipinski definition) is 2. The summed E-state index contributed by atoms with van der Waals surface area (Å²) < 4.78 is 0. The van der Waals surface area contributed by atoms with Crippen LogP contribution in [0, 0.1) is 5.92 Å². The number of aliphatic imine (C=N–C) groups is 1. The Morgan fingerprint density at radius 3 is 3.27 bits per heavy atom. The first-order valence-corrected chi connectivity index (χ1v) is 3.91. The molecule has 0 amide bonds. The van der Waals surface area contributed by atoms with Crippen molar-refractivity contribution in [3.8, 4) is 0 Å². The van der Waals surface area contributed by atoms with Gasteiger partial charge in [0.1, 0.15) is 5.84 Å². The maximum Gasteiger partial charge on any atom is 0.102 e. The van der Waals surface area contributed by atoms with Gasteiger partial charge in [-0.15, -0.1) is 0 Å². The highest BCUT2D eigenvalue weighted by atomic mass is 15.0. The van der Waals surface area contributed by atoms with Gasteiger partial charge in [0, 0.05) is 6.20 Å². The van der Waals surface area contributed by atoms with Crippen LogP contribution in [0.2, 0.25) is 0 Å². The minimum absolute atomic E-state index is 0.597. The standard InChI is InChI=1S/C9H14N2/c1-8-4-3-6-10-9(2)11-7-5-8/h3,5-8H,4H2,1-2H3,(H,10,11)/b6-3+,7-5+. The molecule has 0 bridgehead atoms. The van der Waals surface area contributed by atoms with Crippen LogP contribution in [0.3, 0.4) is 0 Å². The minimum Gasteiger partial charge on any atom is -0.351 e. The van der Waals surface area contributed by atoms with Gasteiger partial charge in [-0.25, -0.2) is 4.99 Å². The van der Waals surface area contributed by atoms with Crippen molar-refractivity contribution in [3.05, 3.63) is 24.6 Å². The van der Waals surface area contributed by atoms with Crippen LogP contribution in [-0.2, 0) is 0 Å². The Morgan fingerprint density at radius 2 is 2.45 bits per heavy atom. The maximum atomic E-state index is 4.15. The van der Waals surface area contributed by atoms with Crippen molar-refractivity contribution in [2.45, 2.75) is 20.3 Å². The van der Waals surface area contributed by atoms with Gasteiger partial charge in [-0.05, 0) is 25.5 Å². The zero-order valence-electron chi connectivity index (χ0n) is 7.04. The predicted molar refractivity (Wildman–Crippen MR) is 48.3 cm³/mol. The lowest BCUT2D eigenvalue weighted by Gasteiger charge is -1.99. The second-order valence-electron chi connectivity index (χ2n) is 2.82. The molecule has 0 aliphatic carbocycles. The molecule has 60 valence electrons. The van der Waals surface area contributed by atoms with Gasteiger partial charge in [0.15, 0.2) is 0 Å². The van der Waals surface area contributed by atoms with E-state index in [9.17, 15) is 0 Å². The van der Waals surface area contributed by atoms with Crippen molar-refractivity contribution in [1.82, 2.24) is 5.32 Å². The fourth-order valence-electron chi connectivity index (χ4n) is 0.889. The van der Waals surface area contributed by atoms with Crippen molar-refractivity contribution in [3.63, 3.8) is 0 Å². The van der Waals surface area contributed by atoms with Crippen LogP contribution in [0.5, 0.6) is 0 Å². The van der Waals surface area contributed by atoms with E-state index < -0.39 is 0 Å². The summed E-state index contributed by atoms with van der Waals surface area (Å²) in [7, 11) is 0. The predicted octanol–water partition coefficient (Wildman–Crippen LogP) is 2.06. The third-order valence-electron chi connectivity index (χ3n) is 1.60. The van der Waals surface area contributed by atoms with Gasteiger partial charge in [0.05, 0.1) is 0 Å². The summed E-state index contributed by atoms with van der Waals surface area (Å²) in [5.41, 5.74) is 0. The number of hydrogen-bond donors (Lipinski definition) is 1. The van der Waals surface area contributed by atoms with Gasteiger partial charge >= 0.3 is 0 Å². The first-order valence-electron chi connectivity index (χ1n) is 3.91. The molecule has 1 heterocycles. The molecule has 0 aromatic rings. The number of nitrogens with zero attached hydrogens (tertiary/aromatic N) is 1. The fraction of sp³-hybridized carbons (Fsp3) is 0.444. The molecule has 1 N–H and O–H groups in total.